The van der Waals surface area contributed by atoms with Crippen LogP contribution in [0.3, 0.4) is 0 Å². The fourth-order valence-electron chi connectivity index (χ4n) is 2.66. The number of hydrogen-bond acceptors (Lipinski definition) is 5. The van der Waals surface area contributed by atoms with Crippen LogP contribution in [0, 0.1) is 0 Å². The Bertz CT molecular complexity index is 1140. The number of aryl methyl sites for hydroxylation is 1. The average Bonchev–Trinajstić information content (AvgIpc) is 3.17. The highest BCUT2D eigenvalue weighted by Gasteiger charge is 2.15. The van der Waals surface area contributed by atoms with E-state index in [0.717, 1.165) is 15.7 Å². The van der Waals surface area contributed by atoms with Crippen LogP contribution in [-0.2, 0) is 18.4 Å². The molecule has 1 N–H and O–H groups in total. The first kappa shape index (κ1) is 15.8. The third kappa shape index (κ3) is 2.88. The molecule has 0 radical (unpaired) electrons. The number of nitrogens with one attached hydrogen (secondary N) is 1. The van der Waals surface area contributed by atoms with E-state index in [1.165, 1.54) is 0 Å². The lowest BCUT2D eigenvalue weighted by molar-refractivity contribution is -0.117. The van der Waals surface area contributed by atoms with Crippen LogP contribution in [0.5, 0.6) is 0 Å². The number of carbonyl (C=O) groups is 1. The second-order valence-corrected chi connectivity index (χ2v) is 5.73. The van der Waals surface area contributed by atoms with Gasteiger partial charge in [0.15, 0.2) is 0 Å². The minimum absolute atomic E-state index is 0.172. The molecule has 0 spiro atoms. The first-order chi connectivity index (χ1) is 12.6. The summed E-state index contributed by atoms with van der Waals surface area (Å²) in [4.78, 5) is 28.6. The van der Waals surface area contributed by atoms with Crippen LogP contribution in [0.4, 0.5) is 5.95 Å². The fourth-order valence-corrected chi connectivity index (χ4v) is 2.66. The smallest absolute Gasteiger partial charge is 0.388 e. The zero-order valence-electron chi connectivity index (χ0n) is 13.9. The summed E-state index contributed by atoms with van der Waals surface area (Å²) in [6.07, 6.45) is 0. The van der Waals surface area contributed by atoms with Crippen molar-refractivity contribution >= 4 is 22.9 Å². The van der Waals surface area contributed by atoms with E-state index < -0.39 is 11.7 Å². The van der Waals surface area contributed by atoms with E-state index in [2.05, 4.69) is 15.4 Å². The number of anilines is 1. The molecule has 0 aliphatic heterocycles. The molecule has 0 aliphatic rings. The minimum Gasteiger partial charge on any atom is -0.388 e. The number of para-hydroxylation sites is 2. The summed E-state index contributed by atoms with van der Waals surface area (Å²) in [5.41, 5.74) is 2.34. The van der Waals surface area contributed by atoms with Gasteiger partial charge in [0.2, 0.25) is 17.7 Å². The highest BCUT2D eigenvalue weighted by Crippen LogP contribution is 2.17. The number of benzene rings is 2. The van der Waals surface area contributed by atoms with Crippen molar-refractivity contribution < 1.29 is 9.21 Å². The Kier molecular flexibility index (Phi) is 3.85. The maximum Gasteiger partial charge on any atom is 0.437 e. The van der Waals surface area contributed by atoms with E-state index >= 15 is 0 Å². The molecule has 2 heterocycles. The molecule has 0 atom stereocenters. The molecule has 0 unspecified atom stereocenters. The molecule has 8 heteroatoms. The van der Waals surface area contributed by atoms with Gasteiger partial charge in [-0.15, -0.1) is 5.10 Å². The van der Waals surface area contributed by atoms with Gasteiger partial charge < -0.3 is 8.98 Å². The zero-order valence-corrected chi connectivity index (χ0v) is 13.9. The maximum absolute atomic E-state index is 12.3. The average molecular weight is 349 g/mol. The van der Waals surface area contributed by atoms with E-state index in [4.69, 9.17) is 4.42 Å². The summed E-state index contributed by atoms with van der Waals surface area (Å²) in [5, 5.41) is 6.77. The molecule has 0 saturated heterocycles. The van der Waals surface area contributed by atoms with Crippen molar-refractivity contribution in [1.82, 2.24) is 19.3 Å². The number of imidazole rings is 1. The third-order valence-electron chi connectivity index (χ3n) is 3.96. The fraction of sp³-hybridized carbons (Fsp3) is 0.111. The van der Waals surface area contributed by atoms with Crippen LogP contribution in [0.15, 0.2) is 63.8 Å². The molecule has 0 aliphatic carbocycles. The second-order valence-electron chi connectivity index (χ2n) is 5.73. The normalized spacial score (nSPS) is 11.0. The van der Waals surface area contributed by atoms with Crippen LogP contribution < -0.4 is 11.1 Å². The SMILES string of the molecule is Cn1c(NC(=O)Cn2nc(-c3ccccc3)oc2=O)nc2ccccc21. The maximum atomic E-state index is 12.3. The van der Waals surface area contributed by atoms with Crippen LogP contribution in [0.2, 0.25) is 0 Å². The van der Waals surface area contributed by atoms with Gasteiger partial charge in [-0.25, -0.2) is 9.78 Å². The molecular weight excluding hydrogens is 334 g/mol. The van der Waals surface area contributed by atoms with Crippen LogP contribution in [0.25, 0.3) is 22.5 Å². The lowest BCUT2D eigenvalue weighted by Gasteiger charge is -2.04. The van der Waals surface area contributed by atoms with Gasteiger partial charge in [-0.2, -0.15) is 4.68 Å². The van der Waals surface area contributed by atoms with Crippen molar-refractivity contribution in [2.75, 3.05) is 5.32 Å². The Balaban J connectivity index is 1.54. The van der Waals surface area contributed by atoms with Crippen LogP contribution in [0.1, 0.15) is 0 Å². The molecule has 1 amide bonds. The van der Waals surface area contributed by atoms with Gasteiger partial charge in [0, 0.05) is 12.6 Å². The molecule has 130 valence electrons. The Labute approximate surface area is 147 Å². The third-order valence-corrected chi connectivity index (χ3v) is 3.96. The van der Waals surface area contributed by atoms with Gasteiger partial charge in [0.05, 0.1) is 11.0 Å². The predicted octanol–water partition coefficient (Wildman–Crippen LogP) is 2.03. The summed E-state index contributed by atoms with van der Waals surface area (Å²) in [7, 11) is 1.81. The Morgan fingerprint density at radius 3 is 2.62 bits per heavy atom. The van der Waals surface area contributed by atoms with Crippen molar-refractivity contribution in [3.8, 4) is 11.5 Å². The molecular formula is C18H15N5O3. The molecule has 0 fully saturated rings. The highest BCUT2D eigenvalue weighted by molar-refractivity contribution is 5.91. The lowest BCUT2D eigenvalue weighted by Crippen LogP contribution is -2.26. The monoisotopic (exact) mass is 349 g/mol. The van der Waals surface area contributed by atoms with E-state index in [1.54, 1.807) is 23.7 Å². The number of aromatic nitrogens is 4. The van der Waals surface area contributed by atoms with E-state index in [0.29, 0.717) is 11.5 Å². The van der Waals surface area contributed by atoms with Gasteiger partial charge in [-0.1, -0.05) is 30.3 Å². The largest absolute Gasteiger partial charge is 0.437 e. The van der Waals surface area contributed by atoms with Crippen molar-refractivity contribution in [3.63, 3.8) is 0 Å². The zero-order chi connectivity index (χ0) is 18.1. The topological polar surface area (TPSA) is 95.0 Å². The molecule has 4 rings (SSSR count). The lowest BCUT2D eigenvalue weighted by atomic mass is 10.2. The summed E-state index contributed by atoms with van der Waals surface area (Å²) in [6.45, 7) is -0.266. The summed E-state index contributed by atoms with van der Waals surface area (Å²) >= 11 is 0. The number of amides is 1. The van der Waals surface area contributed by atoms with Crippen LogP contribution in [-0.4, -0.2) is 25.2 Å². The summed E-state index contributed by atoms with van der Waals surface area (Å²) in [5.74, 6) is -0.537. The molecule has 2 aromatic heterocycles. The van der Waals surface area contributed by atoms with Crippen molar-refractivity contribution in [1.29, 1.82) is 0 Å². The molecule has 2 aromatic carbocycles. The van der Waals surface area contributed by atoms with E-state index in [1.807, 2.05) is 42.5 Å². The molecule has 4 aromatic rings. The van der Waals surface area contributed by atoms with Crippen molar-refractivity contribution in [3.05, 3.63) is 65.1 Å². The number of nitrogens with zero attached hydrogens (tertiary/aromatic N) is 4. The summed E-state index contributed by atoms with van der Waals surface area (Å²) in [6, 6.07) is 16.6. The molecule has 26 heavy (non-hydrogen) atoms. The van der Waals surface area contributed by atoms with Gasteiger partial charge in [-0.3, -0.25) is 10.1 Å². The predicted molar refractivity (Wildman–Crippen MR) is 95.5 cm³/mol. The summed E-state index contributed by atoms with van der Waals surface area (Å²) < 4.78 is 7.88. The van der Waals surface area contributed by atoms with E-state index in [-0.39, 0.29) is 12.4 Å². The van der Waals surface area contributed by atoms with Gasteiger partial charge >= 0.3 is 5.76 Å². The second kappa shape index (κ2) is 6.32. The first-order valence-electron chi connectivity index (χ1n) is 7.96. The van der Waals surface area contributed by atoms with Crippen LogP contribution >= 0.6 is 0 Å². The van der Waals surface area contributed by atoms with Gasteiger partial charge in [-0.05, 0) is 24.3 Å². The number of hydrogen-bond donors (Lipinski definition) is 1. The molecule has 0 bridgehead atoms. The van der Waals surface area contributed by atoms with Crippen molar-refractivity contribution in [2.45, 2.75) is 6.54 Å². The van der Waals surface area contributed by atoms with Crippen molar-refractivity contribution in [2.24, 2.45) is 7.05 Å². The minimum atomic E-state index is -0.691. The Hall–Kier alpha value is -3.68. The van der Waals surface area contributed by atoms with Gasteiger partial charge in [0.25, 0.3) is 0 Å². The highest BCUT2D eigenvalue weighted by atomic mass is 16.4. The molecule has 8 nitrogen and oxygen atoms in total. The number of rotatable bonds is 4. The first-order valence-corrected chi connectivity index (χ1v) is 7.96. The molecule has 0 saturated carbocycles. The van der Waals surface area contributed by atoms with Gasteiger partial charge in [0.1, 0.15) is 6.54 Å². The standard InChI is InChI=1S/C18H15N5O3/c1-22-14-10-6-5-9-13(14)19-17(22)20-15(24)11-23-18(25)26-16(21-23)12-7-3-2-4-8-12/h2-10H,11H2,1H3,(H,19,20,24). The number of fused-ring (bicyclic) bond motifs is 1. The quantitative estimate of drug-likeness (QED) is 0.608. The Morgan fingerprint density at radius 1 is 1.12 bits per heavy atom. The number of carbonyl (C=O) groups excluding carboxylic acids is 1. The Morgan fingerprint density at radius 2 is 1.85 bits per heavy atom. The van der Waals surface area contributed by atoms with E-state index in [9.17, 15) is 9.59 Å².